The molecule has 0 aromatic carbocycles. The van der Waals surface area contributed by atoms with Gasteiger partial charge in [-0.15, -0.1) is 12.4 Å². The summed E-state index contributed by atoms with van der Waals surface area (Å²) in [6.45, 7) is 5.67. The predicted molar refractivity (Wildman–Crippen MR) is 29.4 cm³/mol. The van der Waals surface area contributed by atoms with Crippen molar-refractivity contribution in [1.82, 2.24) is 0 Å². The van der Waals surface area contributed by atoms with Gasteiger partial charge in [-0.25, -0.2) is 0 Å². The Balaban J connectivity index is -0.0000000800. The van der Waals surface area contributed by atoms with Crippen molar-refractivity contribution in [2.75, 3.05) is 13.2 Å². The van der Waals surface area contributed by atoms with E-state index in [-0.39, 0.29) is 31.9 Å². The minimum absolute atomic E-state index is 0. The maximum absolute atomic E-state index is 4.83. The zero-order valence-electron chi connectivity index (χ0n) is 4.94. The second-order valence-corrected chi connectivity index (χ2v) is 0.781. The van der Waals surface area contributed by atoms with Crippen LogP contribution in [0.5, 0.6) is 0 Å². The Kier molecular flexibility index (Phi) is 35.4. The van der Waals surface area contributed by atoms with Crippen LogP contribution >= 0.6 is 12.4 Å². The van der Waals surface area contributed by atoms with Crippen molar-refractivity contribution in [3.05, 3.63) is 0 Å². The van der Waals surface area contributed by atoms with E-state index in [1.54, 1.807) is 0 Å². The second kappa shape index (κ2) is 15.8. The van der Waals surface area contributed by atoms with Crippen molar-refractivity contribution in [2.45, 2.75) is 13.8 Å². The van der Waals surface area contributed by atoms with Gasteiger partial charge in [0.05, 0.1) is 0 Å². The summed E-state index contributed by atoms with van der Waals surface area (Å²) >= 11 is 0. The summed E-state index contributed by atoms with van der Waals surface area (Å²) in [6, 6.07) is 0. The molecule has 0 aromatic rings. The van der Waals surface area contributed by atoms with Gasteiger partial charge in [0.25, 0.3) is 0 Å². The molecular weight excluding hydrogens is 165 g/mol. The van der Waals surface area contributed by atoms with Gasteiger partial charge in [0.2, 0.25) is 0 Å². The molecule has 0 aliphatic carbocycles. The van der Waals surface area contributed by atoms with Gasteiger partial charge < -0.3 is 4.74 Å². The molecule has 0 fully saturated rings. The number of halogens is 1. The summed E-state index contributed by atoms with van der Waals surface area (Å²) in [6.07, 6.45) is 0. The van der Waals surface area contributed by atoms with Crippen LogP contribution in [0.4, 0.5) is 0 Å². The second-order valence-electron chi connectivity index (χ2n) is 0.781. The summed E-state index contributed by atoms with van der Waals surface area (Å²) in [5.41, 5.74) is 0. The Hall–Kier alpha value is 0.873. The van der Waals surface area contributed by atoms with Gasteiger partial charge in [0.1, 0.15) is 0 Å². The van der Waals surface area contributed by atoms with Gasteiger partial charge in [0, 0.05) is 32.7 Å². The number of hydrogen-bond donors (Lipinski definition) is 0. The van der Waals surface area contributed by atoms with Gasteiger partial charge in [0.15, 0.2) is 0 Å². The molecule has 0 bridgehead atoms. The summed E-state index contributed by atoms with van der Waals surface area (Å²) in [5.74, 6) is 0. The maximum Gasteiger partial charge on any atom is 0.0437 e. The van der Waals surface area contributed by atoms with Crippen LogP contribution in [-0.4, -0.2) is 13.2 Å². The molecule has 0 saturated heterocycles. The molecule has 0 unspecified atom stereocenters. The normalized spacial score (nSPS) is 6.00. The first kappa shape index (κ1) is 15.7. The Bertz CT molecular complexity index is 19.2. The molecule has 7 heavy (non-hydrogen) atoms. The van der Waals surface area contributed by atoms with Gasteiger partial charge >= 0.3 is 0 Å². The average molecular weight is 176 g/mol. The van der Waals surface area contributed by atoms with E-state index in [1.807, 2.05) is 13.8 Å². The van der Waals surface area contributed by atoms with Gasteiger partial charge in [-0.3, -0.25) is 0 Å². The molecule has 0 aliphatic rings. The van der Waals surface area contributed by atoms with Crippen molar-refractivity contribution >= 4 is 12.4 Å². The van der Waals surface area contributed by atoms with E-state index in [0.29, 0.717) is 0 Å². The van der Waals surface area contributed by atoms with E-state index in [0.717, 1.165) is 13.2 Å². The Labute approximate surface area is 64.0 Å². The molecule has 0 rings (SSSR count). The van der Waals surface area contributed by atoms with E-state index >= 15 is 0 Å². The first-order valence-electron chi connectivity index (χ1n) is 1.99. The minimum atomic E-state index is 0. The third kappa shape index (κ3) is 19.8. The molecule has 0 radical (unpaired) electrons. The van der Waals surface area contributed by atoms with E-state index < -0.39 is 0 Å². The molecule has 0 aliphatic heterocycles. The third-order valence-electron chi connectivity index (χ3n) is 0.408. The zero-order chi connectivity index (χ0) is 4.12. The van der Waals surface area contributed by atoms with Gasteiger partial charge in [-0.05, 0) is 13.8 Å². The molecule has 42 valence electrons. The Morgan fingerprint density at radius 1 is 1.14 bits per heavy atom. The SMILES string of the molecule is CCOCC.Cl.[Zn]. The molecule has 0 amide bonds. The number of rotatable bonds is 2. The van der Waals surface area contributed by atoms with Crippen LogP contribution in [0, 0.1) is 0 Å². The Morgan fingerprint density at radius 2 is 1.43 bits per heavy atom. The van der Waals surface area contributed by atoms with Crippen molar-refractivity contribution in [2.24, 2.45) is 0 Å². The predicted octanol–water partition coefficient (Wildman–Crippen LogP) is 1.46. The molecule has 0 saturated carbocycles. The summed E-state index contributed by atoms with van der Waals surface area (Å²) in [7, 11) is 0. The average Bonchev–Trinajstić information content (AvgIpc) is 1.41. The zero-order valence-corrected chi connectivity index (χ0v) is 8.72. The fraction of sp³-hybridized carbons (Fsp3) is 1.00. The van der Waals surface area contributed by atoms with Crippen molar-refractivity contribution in [3.8, 4) is 0 Å². The van der Waals surface area contributed by atoms with Crippen LogP contribution < -0.4 is 0 Å². The maximum atomic E-state index is 4.83. The molecule has 0 heterocycles. The fourth-order valence-corrected chi connectivity index (χ4v) is 0.204. The van der Waals surface area contributed by atoms with Gasteiger partial charge in [-0.1, -0.05) is 0 Å². The summed E-state index contributed by atoms with van der Waals surface area (Å²) in [5, 5.41) is 0. The van der Waals surface area contributed by atoms with Crippen LogP contribution in [0.1, 0.15) is 13.8 Å². The monoisotopic (exact) mass is 174 g/mol. The molecule has 0 N–H and O–H groups in total. The third-order valence-corrected chi connectivity index (χ3v) is 0.408. The molecular formula is C4H11ClOZn. The number of ether oxygens (including phenoxy) is 1. The van der Waals surface area contributed by atoms with Crippen LogP contribution in [0.15, 0.2) is 0 Å². The first-order valence-corrected chi connectivity index (χ1v) is 1.99. The van der Waals surface area contributed by atoms with Crippen LogP contribution in [0.2, 0.25) is 0 Å². The smallest absolute Gasteiger partial charge is 0.0437 e. The molecule has 0 spiro atoms. The largest absolute Gasteiger partial charge is 0.382 e. The summed E-state index contributed by atoms with van der Waals surface area (Å²) in [4.78, 5) is 0. The van der Waals surface area contributed by atoms with Crippen LogP contribution in [0.25, 0.3) is 0 Å². The van der Waals surface area contributed by atoms with E-state index in [9.17, 15) is 0 Å². The molecule has 1 nitrogen and oxygen atoms in total. The van der Waals surface area contributed by atoms with Gasteiger partial charge in [-0.2, -0.15) is 0 Å². The van der Waals surface area contributed by atoms with Crippen LogP contribution in [-0.2, 0) is 24.2 Å². The van der Waals surface area contributed by atoms with Crippen molar-refractivity contribution in [1.29, 1.82) is 0 Å². The Morgan fingerprint density at radius 3 is 1.43 bits per heavy atom. The van der Waals surface area contributed by atoms with Crippen molar-refractivity contribution in [3.63, 3.8) is 0 Å². The van der Waals surface area contributed by atoms with Crippen LogP contribution in [0.3, 0.4) is 0 Å². The molecule has 0 atom stereocenters. The first-order chi connectivity index (χ1) is 2.41. The van der Waals surface area contributed by atoms with E-state index in [1.165, 1.54) is 0 Å². The minimum Gasteiger partial charge on any atom is -0.382 e. The molecule has 3 heteroatoms. The quantitative estimate of drug-likeness (QED) is 0.578. The topological polar surface area (TPSA) is 9.23 Å². The summed E-state index contributed by atoms with van der Waals surface area (Å²) < 4.78 is 4.83. The van der Waals surface area contributed by atoms with E-state index in [2.05, 4.69) is 0 Å². The fourth-order valence-electron chi connectivity index (χ4n) is 0.204. The number of hydrogen-bond acceptors (Lipinski definition) is 1. The standard InChI is InChI=1S/C4H10O.ClH.Zn/c1-3-5-4-2;;/h3-4H2,1-2H3;1H;. The van der Waals surface area contributed by atoms with Crippen molar-refractivity contribution < 1.29 is 24.2 Å². The molecule has 0 aromatic heterocycles. The van der Waals surface area contributed by atoms with E-state index in [4.69, 9.17) is 4.74 Å².